The van der Waals surface area contributed by atoms with Crippen molar-refractivity contribution in [2.75, 3.05) is 20.6 Å². The van der Waals surface area contributed by atoms with E-state index in [0.717, 1.165) is 35.5 Å². The van der Waals surface area contributed by atoms with Crippen molar-refractivity contribution in [1.29, 1.82) is 0 Å². The van der Waals surface area contributed by atoms with Crippen molar-refractivity contribution in [3.63, 3.8) is 0 Å². The van der Waals surface area contributed by atoms with Crippen LogP contribution in [-0.4, -0.2) is 51.2 Å². The van der Waals surface area contributed by atoms with Gasteiger partial charge in [-0.05, 0) is 13.8 Å². The van der Waals surface area contributed by atoms with E-state index in [9.17, 15) is 0 Å². The van der Waals surface area contributed by atoms with E-state index >= 15 is 0 Å². The van der Waals surface area contributed by atoms with Crippen LogP contribution in [0, 0.1) is 13.8 Å². The molecule has 0 spiro atoms. The minimum Gasteiger partial charge on any atom is -0.356 e. The number of aryl methyl sites for hydroxylation is 3. The average molecular weight is 449 g/mol. The maximum absolute atomic E-state index is 4.46. The van der Waals surface area contributed by atoms with Gasteiger partial charge in [0.2, 0.25) is 0 Å². The van der Waals surface area contributed by atoms with Gasteiger partial charge in [0.1, 0.15) is 12.2 Å². The zero-order valence-corrected chi connectivity index (χ0v) is 17.3. The molecule has 0 unspecified atom stereocenters. The summed E-state index contributed by atoms with van der Waals surface area (Å²) in [5.41, 5.74) is 1.13. The fourth-order valence-corrected chi connectivity index (χ4v) is 3.16. The first-order chi connectivity index (χ1) is 10.5. The van der Waals surface area contributed by atoms with Crippen LogP contribution in [0.2, 0.25) is 0 Å². The maximum atomic E-state index is 4.46. The highest BCUT2D eigenvalue weighted by molar-refractivity contribution is 14.0. The Bertz CT molecular complexity index is 649. The summed E-state index contributed by atoms with van der Waals surface area (Å²) in [6, 6.07) is 0. The standard InChI is InChI=1S/C14H23N7S.HI/c1-10-12(22-11(2)19-10)6-7-16-14(15-3)20(4)8-13-17-9-18-21(13)5;/h9H,6-8H2,1-5H3,(H,15,16);1H. The molecule has 2 rings (SSSR count). The van der Waals surface area contributed by atoms with Crippen molar-refractivity contribution in [2.24, 2.45) is 12.0 Å². The third-order valence-electron chi connectivity index (χ3n) is 3.39. The number of nitrogens with zero attached hydrogens (tertiary/aromatic N) is 6. The normalized spacial score (nSPS) is 11.3. The van der Waals surface area contributed by atoms with E-state index in [0.29, 0.717) is 6.54 Å². The molecule has 0 fully saturated rings. The number of halogens is 1. The number of hydrogen-bond donors (Lipinski definition) is 1. The van der Waals surface area contributed by atoms with Crippen LogP contribution >= 0.6 is 35.3 Å². The average Bonchev–Trinajstić information content (AvgIpc) is 3.01. The third kappa shape index (κ3) is 5.41. The minimum absolute atomic E-state index is 0. The molecule has 7 nitrogen and oxygen atoms in total. The van der Waals surface area contributed by atoms with Crippen molar-refractivity contribution >= 4 is 41.3 Å². The Morgan fingerprint density at radius 2 is 2.17 bits per heavy atom. The Morgan fingerprint density at radius 1 is 1.43 bits per heavy atom. The van der Waals surface area contributed by atoms with Crippen molar-refractivity contribution in [3.8, 4) is 0 Å². The highest BCUT2D eigenvalue weighted by Crippen LogP contribution is 2.17. The monoisotopic (exact) mass is 449 g/mol. The Morgan fingerprint density at radius 3 is 2.70 bits per heavy atom. The predicted molar refractivity (Wildman–Crippen MR) is 105 cm³/mol. The van der Waals surface area contributed by atoms with Gasteiger partial charge in [0.05, 0.1) is 17.2 Å². The highest BCUT2D eigenvalue weighted by Gasteiger charge is 2.10. The van der Waals surface area contributed by atoms with Gasteiger partial charge in [0, 0.05) is 39.0 Å². The molecule has 23 heavy (non-hydrogen) atoms. The maximum Gasteiger partial charge on any atom is 0.193 e. The van der Waals surface area contributed by atoms with E-state index in [1.807, 2.05) is 25.9 Å². The van der Waals surface area contributed by atoms with Crippen LogP contribution in [0.4, 0.5) is 0 Å². The molecule has 0 aliphatic heterocycles. The van der Waals surface area contributed by atoms with Gasteiger partial charge in [-0.3, -0.25) is 9.67 Å². The van der Waals surface area contributed by atoms with Gasteiger partial charge in [-0.1, -0.05) is 0 Å². The first-order valence-corrected chi connectivity index (χ1v) is 8.00. The number of guanidine groups is 1. The summed E-state index contributed by atoms with van der Waals surface area (Å²) >= 11 is 1.76. The van der Waals surface area contributed by atoms with Gasteiger partial charge in [-0.25, -0.2) is 9.97 Å². The molecule has 0 aromatic carbocycles. The van der Waals surface area contributed by atoms with Crippen LogP contribution in [0.15, 0.2) is 11.3 Å². The Hall–Kier alpha value is -1.23. The molecule has 0 bridgehead atoms. The lowest BCUT2D eigenvalue weighted by Gasteiger charge is -2.21. The van der Waals surface area contributed by atoms with Crippen LogP contribution in [0.1, 0.15) is 21.4 Å². The van der Waals surface area contributed by atoms with Gasteiger partial charge in [-0.2, -0.15) is 5.10 Å². The summed E-state index contributed by atoms with van der Waals surface area (Å²) in [6.45, 7) is 5.60. The fourth-order valence-electron chi connectivity index (χ4n) is 2.23. The lowest BCUT2D eigenvalue weighted by Crippen LogP contribution is -2.39. The first-order valence-electron chi connectivity index (χ1n) is 7.18. The van der Waals surface area contributed by atoms with Crippen molar-refractivity contribution in [3.05, 3.63) is 27.7 Å². The largest absolute Gasteiger partial charge is 0.356 e. The lowest BCUT2D eigenvalue weighted by atomic mass is 10.3. The summed E-state index contributed by atoms with van der Waals surface area (Å²) < 4.78 is 1.77. The quantitative estimate of drug-likeness (QED) is 0.428. The van der Waals surface area contributed by atoms with E-state index in [2.05, 4.69) is 32.3 Å². The van der Waals surface area contributed by atoms with Gasteiger partial charge >= 0.3 is 0 Å². The molecule has 9 heteroatoms. The highest BCUT2D eigenvalue weighted by atomic mass is 127. The zero-order valence-electron chi connectivity index (χ0n) is 14.2. The van der Waals surface area contributed by atoms with Crippen molar-refractivity contribution in [2.45, 2.75) is 26.8 Å². The number of aliphatic imine (C=N–C) groups is 1. The SMILES string of the molecule is CN=C(NCCc1sc(C)nc1C)N(C)Cc1ncnn1C.I. The molecule has 0 atom stereocenters. The second-order valence-corrected chi connectivity index (χ2v) is 6.41. The van der Waals surface area contributed by atoms with E-state index in [1.54, 1.807) is 29.4 Å². The van der Waals surface area contributed by atoms with Crippen LogP contribution < -0.4 is 5.32 Å². The molecule has 2 aromatic rings. The summed E-state index contributed by atoms with van der Waals surface area (Å²) in [6.07, 6.45) is 2.52. The van der Waals surface area contributed by atoms with Crippen LogP contribution in [0.5, 0.6) is 0 Å². The first kappa shape index (κ1) is 19.8. The van der Waals surface area contributed by atoms with Crippen molar-refractivity contribution in [1.82, 2.24) is 30.0 Å². The third-order valence-corrected chi connectivity index (χ3v) is 4.52. The Labute approximate surface area is 158 Å². The molecule has 128 valence electrons. The summed E-state index contributed by atoms with van der Waals surface area (Å²) in [4.78, 5) is 16.4. The molecule has 0 saturated heterocycles. The van der Waals surface area contributed by atoms with Crippen LogP contribution in [0.25, 0.3) is 0 Å². The molecule has 0 amide bonds. The minimum atomic E-state index is 0. The van der Waals surface area contributed by atoms with Gasteiger partial charge in [0.25, 0.3) is 0 Å². The van der Waals surface area contributed by atoms with E-state index < -0.39 is 0 Å². The van der Waals surface area contributed by atoms with Gasteiger partial charge in [0.15, 0.2) is 5.96 Å². The van der Waals surface area contributed by atoms with Gasteiger partial charge < -0.3 is 10.2 Å². The second kappa shape index (κ2) is 9.16. The molecular formula is C14H24IN7S. The molecule has 2 aromatic heterocycles. The van der Waals surface area contributed by atoms with E-state index in [4.69, 9.17) is 0 Å². The Kier molecular flexibility index (Phi) is 7.89. The molecule has 1 N–H and O–H groups in total. The molecule has 0 radical (unpaired) electrons. The van der Waals surface area contributed by atoms with E-state index in [1.165, 1.54) is 4.88 Å². The predicted octanol–water partition coefficient (Wildman–Crippen LogP) is 1.76. The molecule has 2 heterocycles. The molecular weight excluding hydrogens is 425 g/mol. The second-order valence-electron chi connectivity index (χ2n) is 5.12. The summed E-state index contributed by atoms with van der Waals surface area (Å²) in [5.74, 6) is 1.75. The van der Waals surface area contributed by atoms with E-state index in [-0.39, 0.29) is 24.0 Å². The molecule has 0 saturated carbocycles. The number of aromatic nitrogens is 4. The zero-order chi connectivity index (χ0) is 16.1. The molecule has 0 aliphatic carbocycles. The van der Waals surface area contributed by atoms with Crippen LogP contribution in [0.3, 0.4) is 0 Å². The fraction of sp³-hybridized carbons (Fsp3) is 0.571. The van der Waals surface area contributed by atoms with Crippen LogP contribution in [-0.2, 0) is 20.0 Å². The number of nitrogens with one attached hydrogen (secondary N) is 1. The smallest absolute Gasteiger partial charge is 0.193 e. The lowest BCUT2D eigenvalue weighted by molar-refractivity contribution is 0.449. The summed E-state index contributed by atoms with van der Waals surface area (Å²) in [7, 11) is 5.67. The number of rotatable bonds is 5. The Balaban J connectivity index is 0.00000264. The molecule has 0 aliphatic rings. The van der Waals surface area contributed by atoms with Crippen molar-refractivity contribution < 1.29 is 0 Å². The van der Waals surface area contributed by atoms with Gasteiger partial charge in [-0.15, -0.1) is 35.3 Å². The number of thiazole rings is 1. The number of hydrogen-bond acceptors (Lipinski definition) is 5. The topological polar surface area (TPSA) is 71.2 Å². The summed E-state index contributed by atoms with van der Waals surface area (Å²) in [5, 5.41) is 8.59.